The Bertz CT molecular complexity index is 981. The molecule has 1 aliphatic rings. The van der Waals surface area contributed by atoms with Gasteiger partial charge >= 0.3 is 0 Å². The molecule has 1 amide bonds. The number of halogens is 1. The monoisotopic (exact) mass is 450 g/mol. The number of morpholine rings is 1. The van der Waals surface area contributed by atoms with E-state index >= 15 is 0 Å². The number of anilines is 2. The van der Waals surface area contributed by atoms with Crippen LogP contribution in [0.25, 0.3) is 0 Å². The van der Waals surface area contributed by atoms with Crippen LogP contribution in [-0.4, -0.2) is 49.4 Å². The third-order valence-electron chi connectivity index (χ3n) is 4.42. The molecule has 2 N–H and O–H groups in total. The van der Waals surface area contributed by atoms with Crippen LogP contribution < -0.4 is 20.3 Å². The van der Waals surface area contributed by atoms with Crippen LogP contribution in [0.2, 0.25) is 5.02 Å². The fourth-order valence-electron chi connectivity index (χ4n) is 2.99. The topological polar surface area (TPSA) is 106 Å². The zero-order valence-corrected chi connectivity index (χ0v) is 17.6. The number of hydrogen-bond acceptors (Lipinski definition) is 7. The summed E-state index contributed by atoms with van der Waals surface area (Å²) in [4.78, 5) is 25.5. The smallest absolute Gasteiger partial charge is 0.293 e. The minimum Gasteiger partial charge on any atom is -0.495 e. The minimum absolute atomic E-state index is 0.000440. The van der Waals surface area contributed by atoms with Gasteiger partial charge in [0.1, 0.15) is 11.4 Å². The second kappa shape index (κ2) is 9.70. The van der Waals surface area contributed by atoms with Crippen molar-refractivity contribution in [3.05, 3.63) is 57.1 Å². The average molecular weight is 451 g/mol. The van der Waals surface area contributed by atoms with Crippen molar-refractivity contribution < 1.29 is 19.2 Å². The van der Waals surface area contributed by atoms with Gasteiger partial charge in [-0.15, -0.1) is 0 Å². The van der Waals surface area contributed by atoms with E-state index < -0.39 is 10.8 Å². The van der Waals surface area contributed by atoms with E-state index in [-0.39, 0.29) is 16.4 Å². The molecule has 0 unspecified atom stereocenters. The maximum atomic E-state index is 12.6. The first-order valence-electron chi connectivity index (χ1n) is 8.96. The minimum atomic E-state index is -0.579. The third kappa shape index (κ3) is 5.15. The number of methoxy groups -OCH3 is 1. The lowest BCUT2D eigenvalue weighted by Gasteiger charge is -2.28. The van der Waals surface area contributed by atoms with Crippen LogP contribution in [0.4, 0.5) is 17.1 Å². The van der Waals surface area contributed by atoms with Gasteiger partial charge in [-0.2, -0.15) is 0 Å². The Morgan fingerprint density at radius 1 is 1.27 bits per heavy atom. The second-order valence-corrected chi connectivity index (χ2v) is 7.16. The van der Waals surface area contributed by atoms with Crippen LogP contribution in [0.15, 0.2) is 36.4 Å². The Labute approximate surface area is 183 Å². The molecule has 0 saturated carbocycles. The van der Waals surface area contributed by atoms with E-state index in [0.717, 1.165) is 0 Å². The van der Waals surface area contributed by atoms with Gasteiger partial charge < -0.3 is 19.7 Å². The lowest BCUT2D eigenvalue weighted by Crippen LogP contribution is -2.37. The van der Waals surface area contributed by atoms with Gasteiger partial charge in [0.05, 0.1) is 30.9 Å². The summed E-state index contributed by atoms with van der Waals surface area (Å²) in [5.41, 5.74) is 0.883. The zero-order chi connectivity index (χ0) is 21.7. The first-order valence-corrected chi connectivity index (χ1v) is 9.74. The van der Waals surface area contributed by atoms with Gasteiger partial charge in [0.25, 0.3) is 11.6 Å². The number of benzene rings is 2. The molecular weight excluding hydrogens is 432 g/mol. The second-order valence-electron chi connectivity index (χ2n) is 6.31. The molecule has 0 bridgehead atoms. The number of carbonyl (C=O) groups is 1. The molecule has 3 rings (SSSR count). The molecule has 2 aromatic carbocycles. The van der Waals surface area contributed by atoms with Crippen molar-refractivity contribution in [2.24, 2.45) is 0 Å². The molecule has 2 aromatic rings. The van der Waals surface area contributed by atoms with Crippen molar-refractivity contribution >= 4 is 51.9 Å². The third-order valence-corrected chi connectivity index (χ3v) is 4.86. The molecule has 9 nitrogen and oxygen atoms in total. The number of carbonyl (C=O) groups excluding carboxylic acids is 1. The quantitative estimate of drug-likeness (QED) is 0.406. The Morgan fingerprint density at radius 3 is 2.67 bits per heavy atom. The Balaban J connectivity index is 1.75. The fourth-order valence-corrected chi connectivity index (χ4v) is 3.36. The highest BCUT2D eigenvalue weighted by molar-refractivity contribution is 7.80. The van der Waals surface area contributed by atoms with E-state index in [1.807, 2.05) is 4.90 Å². The van der Waals surface area contributed by atoms with Crippen molar-refractivity contribution in [3.8, 4) is 5.75 Å². The molecule has 0 spiro atoms. The predicted molar refractivity (Wildman–Crippen MR) is 118 cm³/mol. The first kappa shape index (κ1) is 21.8. The number of thiocarbonyl (C=S) groups is 1. The summed E-state index contributed by atoms with van der Waals surface area (Å²) < 4.78 is 10.5. The zero-order valence-electron chi connectivity index (χ0n) is 16.0. The number of nitrogens with zero attached hydrogens (tertiary/aromatic N) is 2. The van der Waals surface area contributed by atoms with E-state index in [0.29, 0.717) is 48.5 Å². The molecule has 0 aromatic heterocycles. The van der Waals surface area contributed by atoms with Crippen LogP contribution in [0, 0.1) is 10.1 Å². The van der Waals surface area contributed by atoms with Gasteiger partial charge in [0.2, 0.25) is 0 Å². The van der Waals surface area contributed by atoms with Crippen LogP contribution >= 0.6 is 23.8 Å². The van der Waals surface area contributed by atoms with Gasteiger partial charge in [-0.25, -0.2) is 0 Å². The molecule has 0 aliphatic carbocycles. The standard InChI is InChI=1S/C19H19ClN4O5S/c1-28-17-5-3-13(20)11-14(17)21-19(30)22-18(25)12-2-4-15(16(10-12)24(26)27)23-6-8-29-9-7-23/h2-5,10-11H,6-9H2,1H3,(H2,21,22,25,30). The molecule has 1 fully saturated rings. The van der Waals surface area contributed by atoms with Crippen LogP contribution in [0.1, 0.15) is 10.4 Å². The van der Waals surface area contributed by atoms with Crippen LogP contribution in [-0.2, 0) is 4.74 Å². The largest absolute Gasteiger partial charge is 0.495 e. The van der Waals surface area contributed by atoms with Crippen molar-refractivity contribution in [2.45, 2.75) is 0 Å². The fraction of sp³-hybridized carbons (Fsp3) is 0.263. The van der Waals surface area contributed by atoms with Gasteiger partial charge in [-0.3, -0.25) is 20.2 Å². The SMILES string of the molecule is COc1ccc(Cl)cc1NC(=S)NC(=O)c1ccc(N2CCOCC2)c([N+](=O)[O-])c1. The molecular formula is C19H19ClN4O5S. The normalized spacial score (nSPS) is 13.5. The number of nitro groups is 1. The molecule has 11 heteroatoms. The van der Waals surface area contributed by atoms with Gasteiger partial charge in [-0.1, -0.05) is 11.6 Å². The Hall–Kier alpha value is -2.95. The van der Waals surface area contributed by atoms with E-state index in [4.69, 9.17) is 33.3 Å². The average Bonchev–Trinajstić information content (AvgIpc) is 2.74. The van der Waals surface area contributed by atoms with E-state index in [9.17, 15) is 14.9 Å². The highest BCUT2D eigenvalue weighted by Crippen LogP contribution is 2.30. The highest BCUT2D eigenvalue weighted by Gasteiger charge is 2.23. The molecule has 1 aliphatic heterocycles. The highest BCUT2D eigenvalue weighted by atomic mass is 35.5. The lowest BCUT2D eigenvalue weighted by atomic mass is 10.1. The van der Waals surface area contributed by atoms with E-state index in [1.165, 1.54) is 19.2 Å². The van der Waals surface area contributed by atoms with Crippen molar-refractivity contribution in [3.63, 3.8) is 0 Å². The molecule has 30 heavy (non-hydrogen) atoms. The Kier molecular flexibility index (Phi) is 7.03. The molecule has 158 valence electrons. The molecule has 1 heterocycles. The maximum absolute atomic E-state index is 12.6. The van der Waals surface area contributed by atoms with Crippen LogP contribution in [0.3, 0.4) is 0 Å². The lowest BCUT2D eigenvalue weighted by molar-refractivity contribution is -0.384. The maximum Gasteiger partial charge on any atom is 0.293 e. The first-order chi connectivity index (χ1) is 14.4. The van der Waals surface area contributed by atoms with Crippen molar-refractivity contribution in [1.29, 1.82) is 0 Å². The van der Waals surface area contributed by atoms with E-state index in [2.05, 4.69) is 10.6 Å². The number of ether oxygens (including phenoxy) is 2. The van der Waals surface area contributed by atoms with Crippen molar-refractivity contribution in [2.75, 3.05) is 43.6 Å². The Morgan fingerprint density at radius 2 is 2.00 bits per heavy atom. The van der Waals surface area contributed by atoms with Gasteiger partial charge in [0, 0.05) is 29.7 Å². The van der Waals surface area contributed by atoms with Crippen LogP contribution in [0.5, 0.6) is 5.75 Å². The number of nitrogens with one attached hydrogen (secondary N) is 2. The van der Waals surface area contributed by atoms with E-state index in [1.54, 1.807) is 24.3 Å². The number of rotatable bonds is 5. The molecule has 1 saturated heterocycles. The summed E-state index contributed by atoms with van der Waals surface area (Å²) >= 11 is 11.2. The predicted octanol–water partition coefficient (Wildman–Crippen LogP) is 3.22. The van der Waals surface area contributed by atoms with Gasteiger partial charge in [-0.05, 0) is 42.5 Å². The summed E-state index contributed by atoms with van der Waals surface area (Å²) in [5, 5.41) is 17.4. The number of amides is 1. The summed E-state index contributed by atoms with van der Waals surface area (Å²) in [6, 6.07) is 9.24. The van der Waals surface area contributed by atoms with Gasteiger partial charge in [0.15, 0.2) is 5.11 Å². The number of nitro benzene ring substituents is 1. The molecule has 0 radical (unpaired) electrons. The summed E-state index contributed by atoms with van der Waals surface area (Å²) in [6.07, 6.45) is 0. The molecule has 0 atom stereocenters. The van der Waals surface area contributed by atoms with Crippen molar-refractivity contribution in [1.82, 2.24) is 5.32 Å². The summed E-state index contributed by atoms with van der Waals surface area (Å²) in [6.45, 7) is 2.07. The summed E-state index contributed by atoms with van der Waals surface area (Å²) in [7, 11) is 1.49. The number of hydrogen-bond donors (Lipinski definition) is 2. The summed E-state index contributed by atoms with van der Waals surface area (Å²) in [5.74, 6) is -0.0911.